The number of amides is 1. The highest BCUT2D eigenvalue weighted by Gasteiger charge is 2.58. The van der Waals surface area contributed by atoms with Gasteiger partial charge >= 0.3 is 0 Å². The van der Waals surface area contributed by atoms with Crippen LogP contribution in [0.2, 0.25) is 10.1 Å². The average Bonchev–Trinajstić information content (AvgIpc) is 2.42. The Morgan fingerprint density at radius 2 is 1.76 bits per heavy atom. The second-order valence-corrected chi connectivity index (χ2v) is 13.6. The molecule has 0 bridgehead atoms. The van der Waals surface area contributed by atoms with Crippen molar-refractivity contribution in [1.82, 2.24) is 9.88 Å². The summed E-state index contributed by atoms with van der Waals surface area (Å²) >= 11 is 0. The molecule has 25 heavy (non-hydrogen) atoms. The topological polar surface area (TPSA) is 54.5 Å². The molecule has 1 amide bonds. The van der Waals surface area contributed by atoms with Gasteiger partial charge in [0.15, 0.2) is 0 Å². The summed E-state index contributed by atoms with van der Waals surface area (Å²) in [6, 6.07) is 1.61. The normalized spacial score (nSPS) is 13.1. The molecule has 0 aliphatic rings. The van der Waals surface area contributed by atoms with Gasteiger partial charge in [-0.1, -0.05) is 41.5 Å². The van der Waals surface area contributed by atoms with E-state index in [4.69, 9.17) is 4.74 Å². The standard InChI is InChI=1S/C18H32FN3O2Si/c1-17(2,3)25(19,18(4,5)6)14-11-20-15(10-13(14)24-9)21-16(23)12-22(7)8/h10-11H,12H2,1-9H3,(H,20,21,23). The maximum Gasteiger partial charge on any atom is 0.293 e. The van der Waals surface area contributed by atoms with E-state index in [9.17, 15) is 4.79 Å². The van der Waals surface area contributed by atoms with Crippen LogP contribution in [-0.2, 0) is 4.79 Å². The number of hydrogen-bond acceptors (Lipinski definition) is 4. The van der Waals surface area contributed by atoms with E-state index in [-0.39, 0.29) is 12.5 Å². The molecule has 0 aliphatic heterocycles. The number of aromatic nitrogens is 1. The molecule has 0 aromatic carbocycles. The molecule has 0 aliphatic carbocycles. The van der Waals surface area contributed by atoms with Crippen LogP contribution < -0.4 is 15.2 Å². The first-order valence-corrected chi connectivity index (χ1v) is 10.3. The molecule has 1 N–H and O–H groups in total. The Labute approximate surface area is 152 Å². The summed E-state index contributed by atoms with van der Waals surface area (Å²) in [7, 11) is 1.65. The van der Waals surface area contributed by atoms with Crippen LogP contribution >= 0.6 is 0 Å². The van der Waals surface area contributed by atoms with Crippen LogP contribution in [0, 0.1) is 0 Å². The molecule has 1 aromatic heterocycles. The lowest BCUT2D eigenvalue weighted by molar-refractivity contribution is -0.116. The van der Waals surface area contributed by atoms with E-state index >= 15 is 4.11 Å². The van der Waals surface area contributed by atoms with Gasteiger partial charge in [-0.3, -0.25) is 4.79 Å². The number of nitrogens with one attached hydrogen (secondary N) is 1. The fourth-order valence-electron chi connectivity index (χ4n) is 3.34. The zero-order chi connectivity index (χ0) is 19.6. The Balaban J connectivity index is 3.36. The molecule has 5 nitrogen and oxygen atoms in total. The van der Waals surface area contributed by atoms with E-state index in [1.165, 1.54) is 13.3 Å². The highest BCUT2D eigenvalue weighted by atomic mass is 28.4. The van der Waals surface area contributed by atoms with Gasteiger partial charge in [0, 0.05) is 17.4 Å². The fraction of sp³-hybridized carbons (Fsp3) is 0.667. The van der Waals surface area contributed by atoms with E-state index < -0.39 is 18.5 Å². The number of rotatable bonds is 5. The second-order valence-electron chi connectivity index (χ2n) is 8.71. The number of halogens is 1. The quantitative estimate of drug-likeness (QED) is 0.639. The van der Waals surface area contributed by atoms with E-state index in [2.05, 4.69) is 10.3 Å². The number of methoxy groups -OCH3 is 1. The number of pyridine rings is 1. The van der Waals surface area contributed by atoms with Crippen molar-refractivity contribution < 1.29 is 13.6 Å². The molecule has 0 unspecified atom stereocenters. The van der Waals surface area contributed by atoms with Crippen molar-refractivity contribution in [2.45, 2.75) is 51.6 Å². The van der Waals surface area contributed by atoms with Crippen LogP contribution in [0.15, 0.2) is 12.3 Å². The third-order valence-corrected chi connectivity index (χ3v) is 9.50. The molecule has 0 saturated heterocycles. The summed E-state index contributed by atoms with van der Waals surface area (Å²) in [4.78, 5) is 18.0. The number of hydrogen-bond donors (Lipinski definition) is 1. The number of nitrogens with zero attached hydrogens (tertiary/aromatic N) is 2. The Morgan fingerprint density at radius 1 is 1.24 bits per heavy atom. The first-order chi connectivity index (χ1) is 11.2. The van der Waals surface area contributed by atoms with Gasteiger partial charge in [0.1, 0.15) is 11.6 Å². The third kappa shape index (κ3) is 4.58. The van der Waals surface area contributed by atoms with E-state index in [1.807, 2.05) is 55.6 Å². The number of likely N-dealkylation sites (N-methyl/N-ethyl adjacent to an activating group) is 1. The van der Waals surface area contributed by atoms with Crippen molar-refractivity contribution in [3.05, 3.63) is 12.3 Å². The van der Waals surface area contributed by atoms with Crippen molar-refractivity contribution in [3.63, 3.8) is 0 Å². The van der Waals surface area contributed by atoms with E-state index in [1.54, 1.807) is 11.0 Å². The zero-order valence-corrected chi connectivity index (χ0v) is 18.0. The lowest BCUT2D eigenvalue weighted by Gasteiger charge is -2.45. The van der Waals surface area contributed by atoms with Gasteiger partial charge in [-0.15, -0.1) is 0 Å². The van der Waals surface area contributed by atoms with Crippen LogP contribution in [0.3, 0.4) is 0 Å². The van der Waals surface area contributed by atoms with Crippen molar-refractivity contribution in [3.8, 4) is 5.75 Å². The van der Waals surface area contributed by atoms with Crippen LogP contribution in [-0.4, -0.2) is 51.9 Å². The van der Waals surface area contributed by atoms with Gasteiger partial charge in [-0.05, 0) is 24.2 Å². The Bertz CT molecular complexity index is 608. The molecule has 0 fully saturated rings. The summed E-state index contributed by atoms with van der Waals surface area (Å²) < 4.78 is 22.0. The van der Waals surface area contributed by atoms with Crippen molar-refractivity contribution in [2.24, 2.45) is 0 Å². The lowest BCUT2D eigenvalue weighted by atomic mass is 10.2. The maximum absolute atomic E-state index is 16.5. The second kappa shape index (κ2) is 7.41. The molecule has 0 spiro atoms. The molecular formula is C18H32FN3O2Si. The minimum Gasteiger partial charge on any atom is -0.497 e. The smallest absolute Gasteiger partial charge is 0.293 e. The number of ether oxygens (including phenoxy) is 1. The summed E-state index contributed by atoms with van der Waals surface area (Å²) in [6.07, 6.45) is 1.53. The van der Waals surface area contributed by atoms with Crippen LogP contribution in [0.5, 0.6) is 5.75 Å². The molecule has 0 saturated carbocycles. The molecular weight excluding hydrogens is 337 g/mol. The summed E-state index contributed by atoms with van der Waals surface area (Å²) in [5.74, 6) is 0.628. The van der Waals surface area contributed by atoms with Crippen LogP contribution in [0.1, 0.15) is 41.5 Å². The number of anilines is 1. The predicted octanol–water partition coefficient (Wildman–Crippen LogP) is 3.31. The van der Waals surface area contributed by atoms with Gasteiger partial charge in [0.05, 0.1) is 13.7 Å². The van der Waals surface area contributed by atoms with Gasteiger partial charge in [-0.2, -0.15) is 0 Å². The number of carbonyl (C=O) groups is 1. The Kier molecular flexibility index (Phi) is 6.40. The third-order valence-electron chi connectivity index (χ3n) is 4.25. The molecule has 1 heterocycles. The fourth-order valence-corrected chi connectivity index (χ4v) is 7.96. The number of carbonyl (C=O) groups excluding carboxylic acids is 1. The minimum absolute atomic E-state index is 0.178. The largest absolute Gasteiger partial charge is 0.497 e. The SMILES string of the molecule is COc1cc(NC(=O)CN(C)C)ncc1[Si](F)(C(C)(C)C)C(C)(C)C. The van der Waals surface area contributed by atoms with E-state index in [0.717, 1.165) is 0 Å². The van der Waals surface area contributed by atoms with Gasteiger partial charge < -0.3 is 19.1 Å². The van der Waals surface area contributed by atoms with Gasteiger partial charge in [0.2, 0.25) is 5.91 Å². The molecule has 0 radical (unpaired) electrons. The van der Waals surface area contributed by atoms with Gasteiger partial charge in [0.25, 0.3) is 8.41 Å². The summed E-state index contributed by atoms with van der Waals surface area (Å²) in [6.45, 7) is 11.8. The minimum atomic E-state index is -3.49. The molecule has 7 heteroatoms. The van der Waals surface area contributed by atoms with E-state index in [0.29, 0.717) is 16.8 Å². The van der Waals surface area contributed by atoms with Crippen molar-refractivity contribution in [1.29, 1.82) is 0 Å². The zero-order valence-electron chi connectivity index (χ0n) is 17.0. The van der Waals surface area contributed by atoms with Crippen LogP contribution in [0.4, 0.5) is 9.93 Å². The highest BCUT2D eigenvalue weighted by molar-refractivity contribution is 6.91. The monoisotopic (exact) mass is 369 g/mol. The Hall–Kier alpha value is -1.47. The molecule has 142 valence electrons. The van der Waals surface area contributed by atoms with Crippen molar-refractivity contribution >= 4 is 25.3 Å². The lowest BCUT2D eigenvalue weighted by Crippen LogP contribution is -2.58. The van der Waals surface area contributed by atoms with Crippen LogP contribution in [0.25, 0.3) is 0 Å². The summed E-state index contributed by atoms with van der Waals surface area (Å²) in [5.41, 5.74) is 0. The Morgan fingerprint density at radius 3 is 2.16 bits per heavy atom. The molecule has 0 atom stereocenters. The van der Waals surface area contributed by atoms with Gasteiger partial charge in [-0.25, -0.2) is 4.98 Å². The molecule has 1 rings (SSSR count). The van der Waals surface area contributed by atoms with Crippen molar-refractivity contribution in [2.75, 3.05) is 33.1 Å². The first-order valence-electron chi connectivity index (χ1n) is 8.42. The maximum atomic E-state index is 16.5. The predicted molar refractivity (Wildman–Crippen MR) is 104 cm³/mol. The summed E-state index contributed by atoms with van der Waals surface area (Å²) in [5, 5.41) is 2.19. The highest BCUT2D eigenvalue weighted by Crippen LogP contribution is 2.52. The molecule has 1 aromatic rings. The first kappa shape index (κ1) is 21.6. The average molecular weight is 370 g/mol.